The molecule has 1 aromatic heterocycles. The smallest absolute Gasteiger partial charge is 0.138 e. The largest absolute Gasteiger partial charge is 0.384 e. The monoisotopic (exact) mass is 328 g/mol. The van der Waals surface area contributed by atoms with Crippen LogP contribution in [-0.2, 0) is 5.41 Å². The van der Waals surface area contributed by atoms with Gasteiger partial charge in [0.15, 0.2) is 0 Å². The summed E-state index contributed by atoms with van der Waals surface area (Å²) in [7, 11) is 0. The molecule has 0 aliphatic rings. The minimum absolute atomic E-state index is 0. The second-order valence-corrected chi connectivity index (χ2v) is 6.56. The first kappa shape index (κ1) is 17.0. The van der Waals surface area contributed by atoms with Crippen molar-refractivity contribution in [2.75, 3.05) is 0 Å². The molecule has 23 heavy (non-hydrogen) atoms. The van der Waals surface area contributed by atoms with Gasteiger partial charge < -0.3 is 10.7 Å². The summed E-state index contributed by atoms with van der Waals surface area (Å²) in [6.45, 7) is 6.60. The molecular formula is C18H21ClN4. The van der Waals surface area contributed by atoms with Crippen LogP contribution in [0.1, 0.15) is 31.9 Å². The lowest BCUT2D eigenvalue weighted by atomic mass is 9.87. The Kier molecular flexibility index (Phi) is 4.48. The van der Waals surface area contributed by atoms with Gasteiger partial charge in [-0.25, -0.2) is 4.98 Å². The van der Waals surface area contributed by atoms with Crippen LogP contribution in [0.4, 0.5) is 0 Å². The molecule has 0 saturated heterocycles. The Morgan fingerprint density at radius 1 is 1.09 bits per heavy atom. The number of fused-ring (bicyclic) bond motifs is 1. The van der Waals surface area contributed by atoms with Crippen molar-refractivity contribution in [2.45, 2.75) is 26.2 Å². The van der Waals surface area contributed by atoms with Crippen LogP contribution in [0.2, 0.25) is 0 Å². The summed E-state index contributed by atoms with van der Waals surface area (Å²) < 4.78 is 0. The Bertz CT molecular complexity index is 842. The van der Waals surface area contributed by atoms with E-state index in [0.29, 0.717) is 5.56 Å². The summed E-state index contributed by atoms with van der Waals surface area (Å²) in [5, 5.41) is 7.51. The molecule has 5 heteroatoms. The maximum absolute atomic E-state index is 7.51. The summed E-state index contributed by atoms with van der Waals surface area (Å²) in [6.07, 6.45) is 0. The van der Waals surface area contributed by atoms with E-state index >= 15 is 0 Å². The standard InChI is InChI=1S/C18H20N4.ClH/c1-18(2,3)13-7-4-11(5-8-13)17-21-14-9-6-12(16(19)20)10-15(14)22-17;/h4-10H,1-3H3,(H3,19,20)(H,21,22);1H. The van der Waals surface area contributed by atoms with Crippen LogP contribution in [0.5, 0.6) is 0 Å². The Labute approximate surface area is 142 Å². The maximum Gasteiger partial charge on any atom is 0.138 e. The van der Waals surface area contributed by atoms with Crippen LogP contribution in [-0.4, -0.2) is 15.8 Å². The Morgan fingerprint density at radius 3 is 2.30 bits per heavy atom. The number of aromatic amines is 1. The molecule has 0 radical (unpaired) electrons. The minimum atomic E-state index is 0. The van der Waals surface area contributed by atoms with Crippen LogP contribution < -0.4 is 5.73 Å². The number of aromatic nitrogens is 2. The molecule has 0 saturated carbocycles. The predicted octanol–water partition coefficient (Wildman–Crippen LogP) is 4.23. The van der Waals surface area contributed by atoms with Crippen molar-refractivity contribution in [3.05, 3.63) is 53.6 Å². The molecule has 3 aromatic rings. The molecule has 120 valence electrons. The number of rotatable bonds is 2. The Balaban J connectivity index is 0.00000192. The van der Waals surface area contributed by atoms with E-state index in [2.05, 4.69) is 55.0 Å². The van der Waals surface area contributed by atoms with Crippen LogP contribution in [0.15, 0.2) is 42.5 Å². The van der Waals surface area contributed by atoms with E-state index in [9.17, 15) is 0 Å². The number of nitrogens with two attached hydrogens (primary N) is 1. The second-order valence-electron chi connectivity index (χ2n) is 6.56. The zero-order chi connectivity index (χ0) is 15.9. The molecule has 0 atom stereocenters. The van der Waals surface area contributed by atoms with Gasteiger partial charge in [0.25, 0.3) is 0 Å². The molecule has 2 aromatic carbocycles. The molecule has 4 N–H and O–H groups in total. The van der Waals surface area contributed by atoms with Gasteiger partial charge in [0.1, 0.15) is 11.7 Å². The van der Waals surface area contributed by atoms with Crippen molar-refractivity contribution in [1.29, 1.82) is 5.41 Å². The summed E-state index contributed by atoms with van der Waals surface area (Å²) in [5.41, 5.74) is 10.5. The van der Waals surface area contributed by atoms with Gasteiger partial charge in [0.2, 0.25) is 0 Å². The third-order valence-corrected chi connectivity index (χ3v) is 3.82. The number of hydrogen-bond acceptors (Lipinski definition) is 2. The number of H-pyrrole nitrogens is 1. The van der Waals surface area contributed by atoms with Crippen LogP contribution in [0.3, 0.4) is 0 Å². The van der Waals surface area contributed by atoms with Gasteiger partial charge >= 0.3 is 0 Å². The lowest BCUT2D eigenvalue weighted by Gasteiger charge is -2.18. The van der Waals surface area contributed by atoms with Crippen molar-refractivity contribution in [1.82, 2.24) is 9.97 Å². The highest BCUT2D eigenvalue weighted by atomic mass is 35.5. The first-order valence-corrected chi connectivity index (χ1v) is 7.30. The molecule has 0 spiro atoms. The van der Waals surface area contributed by atoms with Gasteiger partial charge in [0.05, 0.1) is 11.0 Å². The molecule has 3 rings (SSSR count). The molecule has 0 aliphatic heterocycles. The predicted molar refractivity (Wildman–Crippen MR) is 98.5 cm³/mol. The minimum Gasteiger partial charge on any atom is -0.384 e. The summed E-state index contributed by atoms with van der Waals surface area (Å²) in [6, 6.07) is 14.0. The lowest BCUT2D eigenvalue weighted by molar-refractivity contribution is 0.590. The number of benzene rings is 2. The van der Waals surface area contributed by atoms with E-state index in [1.807, 2.05) is 18.2 Å². The fraction of sp³-hybridized carbons (Fsp3) is 0.222. The van der Waals surface area contributed by atoms with Gasteiger partial charge in [-0.2, -0.15) is 0 Å². The second kappa shape index (κ2) is 6.05. The number of nitrogens with one attached hydrogen (secondary N) is 2. The third-order valence-electron chi connectivity index (χ3n) is 3.82. The molecule has 0 unspecified atom stereocenters. The molecule has 4 nitrogen and oxygen atoms in total. The molecule has 0 bridgehead atoms. The molecule has 0 aliphatic carbocycles. The van der Waals surface area contributed by atoms with Crippen molar-refractivity contribution < 1.29 is 0 Å². The highest BCUT2D eigenvalue weighted by Crippen LogP contribution is 2.26. The van der Waals surface area contributed by atoms with E-state index < -0.39 is 0 Å². The van der Waals surface area contributed by atoms with Gasteiger partial charge in [0, 0.05) is 11.1 Å². The van der Waals surface area contributed by atoms with Gasteiger partial charge in [-0.1, -0.05) is 45.0 Å². The van der Waals surface area contributed by atoms with E-state index in [0.717, 1.165) is 22.4 Å². The fourth-order valence-electron chi connectivity index (χ4n) is 2.44. The van der Waals surface area contributed by atoms with E-state index in [-0.39, 0.29) is 23.7 Å². The quantitative estimate of drug-likeness (QED) is 0.486. The van der Waals surface area contributed by atoms with Crippen molar-refractivity contribution in [3.8, 4) is 11.4 Å². The first-order chi connectivity index (χ1) is 10.3. The highest BCUT2D eigenvalue weighted by molar-refractivity contribution is 5.98. The maximum atomic E-state index is 7.51. The number of nitrogen functional groups attached to an aromatic ring is 1. The van der Waals surface area contributed by atoms with Gasteiger partial charge in [-0.3, -0.25) is 5.41 Å². The van der Waals surface area contributed by atoms with Crippen LogP contribution in [0.25, 0.3) is 22.4 Å². The fourth-order valence-corrected chi connectivity index (χ4v) is 2.44. The number of halogens is 1. The van der Waals surface area contributed by atoms with E-state index in [1.165, 1.54) is 5.56 Å². The highest BCUT2D eigenvalue weighted by Gasteiger charge is 2.14. The topological polar surface area (TPSA) is 78.6 Å². The normalized spacial score (nSPS) is 11.3. The first-order valence-electron chi connectivity index (χ1n) is 7.30. The van der Waals surface area contributed by atoms with Crippen LogP contribution in [0, 0.1) is 5.41 Å². The number of hydrogen-bond donors (Lipinski definition) is 3. The van der Waals surface area contributed by atoms with Gasteiger partial charge in [-0.05, 0) is 29.2 Å². The summed E-state index contributed by atoms with van der Waals surface area (Å²) in [5.74, 6) is 0.892. The molecule has 1 heterocycles. The molecule has 0 amide bonds. The van der Waals surface area contributed by atoms with Crippen molar-refractivity contribution in [2.24, 2.45) is 5.73 Å². The average molecular weight is 329 g/mol. The molecule has 0 fully saturated rings. The zero-order valence-electron chi connectivity index (χ0n) is 13.5. The Morgan fingerprint density at radius 2 is 1.74 bits per heavy atom. The number of nitrogens with zero attached hydrogens (tertiary/aromatic N) is 1. The Hall–Kier alpha value is -2.33. The van der Waals surface area contributed by atoms with E-state index in [1.54, 1.807) is 0 Å². The van der Waals surface area contributed by atoms with Crippen LogP contribution >= 0.6 is 12.4 Å². The van der Waals surface area contributed by atoms with Crippen molar-refractivity contribution >= 4 is 29.3 Å². The molecular weight excluding hydrogens is 308 g/mol. The summed E-state index contributed by atoms with van der Waals surface area (Å²) >= 11 is 0. The number of amidine groups is 1. The number of imidazole rings is 1. The van der Waals surface area contributed by atoms with E-state index in [4.69, 9.17) is 11.1 Å². The third kappa shape index (κ3) is 3.37. The van der Waals surface area contributed by atoms with Gasteiger partial charge in [-0.15, -0.1) is 12.4 Å². The van der Waals surface area contributed by atoms with Crippen molar-refractivity contribution in [3.63, 3.8) is 0 Å². The zero-order valence-corrected chi connectivity index (χ0v) is 14.3. The summed E-state index contributed by atoms with van der Waals surface area (Å²) in [4.78, 5) is 7.91. The SMILES string of the molecule is CC(C)(C)c1ccc(-c2nc3ccc(C(=N)N)cc3[nH]2)cc1.Cl. The lowest BCUT2D eigenvalue weighted by Crippen LogP contribution is -2.10. The average Bonchev–Trinajstić information content (AvgIpc) is 2.89.